The van der Waals surface area contributed by atoms with Crippen LogP contribution in [0.25, 0.3) is 0 Å². The van der Waals surface area contributed by atoms with Crippen molar-refractivity contribution >= 4 is 29.1 Å². The highest BCUT2D eigenvalue weighted by Crippen LogP contribution is 2.23. The number of carbonyl (C=O) groups is 3. The van der Waals surface area contributed by atoms with Gasteiger partial charge >= 0.3 is 0 Å². The Morgan fingerprint density at radius 2 is 2.03 bits per heavy atom. The third-order valence-corrected chi connectivity index (χ3v) is 4.65. The Morgan fingerprint density at radius 1 is 1.27 bits per heavy atom. The highest BCUT2D eigenvalue weighted by atomic mass is 16.6. The standard InChI is InChI=1S/C20H20N4O6/c1-30-17-8-3-2-7-15(17)20(27)23-10-9-21-19(26)16(23)12-18(25)22-13-5-4-6-14(11-13)24(28)29/h2-8,11,16H,9-10,12H2,1H3,(H,21,26)(H,22,25)/t16-/m0/s1. The van der Waals surface area contributed by atoms with E-state index in [0.29, 0.717) is 11.3 Å². The molecule has 0 bridgehead atoms. The number of piperazine rings is 1. The second kappa shape index (κ2) is 9.03. The topological polar surface area (TPSA) is 131 Å². The summed E-state index contributed by atoms with van der Waals surface area (Å²) in [6, 6.07) is 11.1. The summed E-state index contributed by atoms with van der Waals surface area (Å²) in [6.07, 6.45) is -0.296. The molecule has 0 unspecified atom stereocenters. The number of benzene rings is 2. The first-order valence-electron chi connectivity index (χ1n) is 9.16. The van der Waals surface area contributed by atoms with E-state index < -0.39 is 28.7 Å². The van der Waals surface area contributed by atoms with Crippen LogP contribution in [0.15, 0.2) is 48.5 Å². The second-order valence-electron chi connectivity index (χ2n) is 6.57. The number of ether oxygens (including phenoxy) is 1. The first-order valence-corrected chi connectivity index (χ1v) is 9.16. The minimum Gasteiger partial charge on any atom is -0.496 e. The minimum absolute atomic E-state index is 0.170. The van der Waals surface area contributed by atoms with Gasteiger partial charge in [0.05, 0.1) is 24.0 Å². The number of hydrogen-bond donors (Lipinski definition) is 2. The van der Waals surface area contributed by atoms with Crippen LogP contribution in [0.4, 0.5) is 11.4 Å². The Hall–Kier alpha value is -3.95. The van der Waals surface area contributed by atoms with Gasteiger partial charge in [0.2, 0.25) is 11.8 Å². The highest BCUT2D eigenvalue weighted by Gasteiger charge is 2.36. The maximum atomic E-state index is 13.1. The molecule has 156 valence electrons. The fraction of sp³-hybridized carbons (Fsp3) is 0.250. The molecule has 1 fully saturated rings. The van der Waals surface area contributed by atoms with Crippen LogP contribution in [-0.4, -0.2) is 53.8 Å². The van der Waals surface area contributed by atoms with Crippen LogP contribution in [0, 0.1) is 10.1 Å². The zero-order chi connectivity index (χ0) is 21.7. The number of nitrogens with one attached hydrogen (secondary N) is 2. The van der Waals surface area contributed by atoms with Gasteiger partial charge in [-0.2, -0.15) is 0 Å². The van der Waals surface area contributed by atoms with E-state index in [4.69, 9.17) is 4.74 Å². The van der Waals surface area contributed by atoms with Crippen molar-refractivity contribution in [3.8, 4) is 5.75 Å². The number of carbonyl (C=O) groups excluding carboxylic acids is 3. The van der Waals surface area contributed by atoms with E-state index in [1.54, 1.807) is 24.3 Å². The number of amides is 3. The highest BCUT2D eigenvalue weighted by molar-refractivity contribution is 6.02. The molecule has 0 aromatic heterocycles. The van der Waals surface area contributed by atoms with Gasteiger partial charge in [-0.1, -0.05) is 18.2 Å². The molecule has 10 nitrogen and oxygen atoms in total. The number of rotatable bonds is 6. The molecule has 10 heteroatoms. The van der Waals surface area contributed by atoms with E-state index in [1.807, 2.05) is 0 Å². The summed E-state index contributed by atoms with van der Waals surface area (Å²) in [4.78, 5) is 49.6. The largest absolute Gasteiger partial charge is 0.496 e. The zero-order valence-corrected chi connectivity index (χ0v) is 16.2. The average molecular weight is 412 g/mol. The minimum atomic E-state index is -1.02. The van der Waals surface area contributed by atoms with E-state index in [2.05, 4.69) is 10.6 Å². The van der Waals surface area contributed by atoms with Crippen molar-refractivity contribution in [3.63, 3.8) is 0 Å². The molecule has 2 aromatic rings. The normalized spacial score (nSPS) is 15.8. The molecule has 0 aliphatic carbocycles. The molecule has 1 saturated heterocycles. The number of nitro groups is 1. The van der Waals surface area contributed by atoms with E-state index >= 15 is 0 Å². The predicted octanol–water partition coefficient (Wildman–Crippen LogP) is 1.57. The molecule has 1 atom stereocenters. The third-order valence-electron chi connectivity index (χ3n) is 4.65. The molecular weight excluding hydrogens is 392 g/mol. The molecule has 1 aliphatic rings. The molecule has 2 aromatic carbocycles. The van der Waals surface area contributed by atoms with Crippen LogP contribution in [0.3, 0.4) is 0 Å². The van der Waals surface area contributed by atoms with Gasteiger partial charge < -0.3 is 20.3 Å². The summed E-state index contributed by atoms with van der Waals surface area (Å²) >= 11 is 0. The van der Waals surface area contributed by atoms with Gasteiger partial charge in [-0.15, -0.1) is 0 Å². The Morgan fingerprint density at radius 3 is 2.77 bits per heavy atom. The quantitative estimate of drug-likeness (QED) is 0.547. The lowest BCUT2D eigenvalue weighted by molar-refractivity contribution is -0.384. The lowest BCUT2D eigenvalue weighted by atomic mass is 10.1. The van der Waals surface area contributed by atoms with E-state index in [9.17, 15) is 24.5 Å². The van der Waals surface area contributed by atoms with Gasteiger partial charge in [0, 0.05) is 30.9 Å². The molecule has 30 heavy (non-hydrogen) atoms. The number of para-hydroxylation sites is 1. The number of nitrogens with zero attached hydrogens (tertiary/aromatic N) is 2. The van der Waals surface area contributed by atoms with Gasteiger partial charge in [-0.25, -0.2) is 0 Å². The lowest BCUT2D eigenvalue weighted by Gasteiger charge is -2.35. The van der Waals surface area contributed by atoms with Crippen molar-refractivity contribution in [3.05, 3.63) is 64.2 Å². The molecule has 3 rings (SSSR count). The maximum Gasteiger partial charge on any atom is 0.271 e. The predicted molar refractivity (Wildman–Crippen MR) is 107 cm³/mol. The molecule has 0 saturated carbocycles. The Bertz CT molecular complexity index is 993. The van der Waals surface area contributed by atoms with Crippen molar-refractivity contribution in [2.75, 3.05) is 25.5 Å². The van der Waals surface area contributed by atoms with Gasteiger partial charge in [-0.05, 0) is 18.2 Å². The van der Waals surface area contributed by atoms with E-state index in [1.165, 1.54) is 36.3 Å². The van der Waals surface area contributed by atoms with Crippen molar-refractivity contribution in [2.45, 2.75) is 12.5 Å². The van der Waals surface area contributed by atoms with Crippen LogP contribution in [0.2, 0.25) is 0 Å². The van der Waals surface area contributed by atoms with Crippen LogP contribution in [0.1, 0.15) is 16.8 Å². The first kappa shape index (κ1) is 20.8. The third kappa shape index (κ3) is 4.54. The molecule has 2 N–H and O–H groups in total. The smallest absolute Gasteiger partial charge is 0.271 e. The first-order chi connectivity index (χ1) is 14.4. The van der Waals surface area contributed by atoms with Crippen molar-refractivity contribution in [1.82, 2.24) is 10.2 Å². The number of methoxy groups -OCH3 is 1. The number of nitro benzene ring substituents is 1. The van der Waals surface area contributed by atoms with E-state index in [0.717, 1.165) is 0 Å². The second-order valence-corrected chi connectivity index (χ2v) is 6.57. The summed E-state index contributed by atoms with van der Waals surface area (Å²) in [5.74, 6) is -1.04. The van der Waals surface area contributed by atoms with Gasteiger partial charge in [0.15, 0.2) is 0 Å². The summed E-state index contributed by atoms with van der Waals surface area (Å²) in [6.45, 7) is 0.500. The molecule has 3 amide bonds. The summed E-state index contributed by atoms with van der Waals surface area (Å²) in [5.41, 5.74) is 0.350. The van der Waals surface area contributed by atoms with Crippen LogP contribution in [-0.2, 0) is 9.59 Å². The molecular formula is C20H20N4O6. The van der Waals surface area contributed by atoms with Gasteiger partial charge in [0.25, 0.3) is 11.6 Å². The van der Waals surface area contributed by atoms with Crippen molar-refractivity contribution in [2.24, 2.45) is 0 Å². The Balaban J connectivity index is 1.77. The number of anilines is 1. The van der Waals surface area contributed by atoms with Crippen LogP contribution in [0.5, 0.6) is 5.75 Å². The fourth-order valence-corrected chi connectivity index (χ4v) is 3.22. The molecule has 0 spiro atoms. The number of non-ortho nitro benzene ring substituents is 1. The fourth-order valence-electron chi connectivity index (χ4n) is 3.22. The van der Waals surface area contributed by atoms with Crippen molar-refractivity contribution in [1.29, 1.82) is 0 Å². The zero-order valence-electron chi connectivity index (χ0n) is 16.2. The van der Waals surface area contributed by atoms with Gasteiger partial charge in [0.1, 0.15) is 11.8 Å². The van der Waals surface area contributed by atoms with Crippen molar-refractivity contribution < 1.29 is 24.0 Å². The van der Waals surface area contributed by atoms with Crippen LogP contribution >= 0.6 is 0 Å². The molecule has 1 heterocycles. The van der Waals surface area contributed by atoms with Gasteiger partial charge in [-0.3, -0.25) is 24.5 Å². The average Bonchev–Trinajstić information content (AvgIpc) is 2.74. The lowest BCUT2D eigenvalue weighted by Crippen LogP contribution is -2.58. The SMILES string of the molecule is COc1ccccc1C(=O)N1CCNC(=O)[C@@H]1CC(=O)Nc1cccc([N+](=O)[O-])c1. The summed E-state index contributed by atoms with van der Waals surface area (Å²) < 4.78 is 5.23. The maximum absolute atomic E-state index is 13.1. The Kier molecular flexibility index (Phi) is 6.26. The number of hydrogen-bond acceptors (Lipinski definition) is 6. The summed E-state index contributed by atoms with van der Waals surface area (Å²) in [7, 11) is 1.44. The summed E-state index contributed by atoms with van der Waals surface area (Å²) in [5, 5.41) is 16.1. The monoisotopic (exact) mass is 412 g/mol. The van der Waals surface area contributed by atoms with E-state index in [-0.39, 0.29) is 30.9 Å². The Labute approximate surface area is 172 Å². The van der Waals surface area contributed by atoms with Crippen LogP contribution < -0.4 is 15.4 Å². The molecule has 1 aliphatic heterocycles. The molecule has 0 radical (unpaired) electrons.